The molecule has 0 fully saturated rings. The molecule has 4 nitrogen and oxygen atoms in total. The van der Waals surface area contributed by atoms with Crippen molar-refractivity contribution in [3.8, 4) is 6.07 Å². The molecule has 0 spiro atoms. The highest BCUT2D eigenvalue weighted by Gasteiger charge is 2.30. The largest absolute Gasteiger partial charge is 0.404 e. The summed E-state index contributed by atoms with van der Waals surface area (Å²) in [7, 11) is 0. The van der Waals surface area contributed by atoms with Crippen molar-refractivity contribution in [2.75, 3.05) is 6.54 Å². The molecule has 0 heterocycles. The van der Waals surface area contributed by atoms with E-state index in [0.717, 1.165) is 5.57 Å². The lowest BCUT2D eigenvalue weighted by Gasteiger charge is -2.30. The number of nitriles is 1. The molecule has 0 aromatic carbocycles. The van der Waals surface area contributed by atoms with Crippen LogP contribution in [0.4, 0.5) is 0 Å². The molecule has 1 atom stereocenters. The van der Waals surface area contributed by atoms with Crippen LogP contribution in [-0.4, -0.2) is 6.54 Å². The topological polar surface area (TPSA) is 102 Å². The van der Waals surface area contributed by atoms with E-state index < -0.39 is 5.41 Å². The van der Waals surface area contributed by atoms with Crippen molar-refractivity contribution < 1.29 is 0 Å². The van der Waals surface area contributed by atoms with Crippen molar-refractivity contribution in [1.82, 2.24) is 0 Å². The Balaban J connectivity index is 5.64. The fourth-order valence-electron chi connectivity index (χ4n) is 1.46. The summed E-state index contributed by atoms with van der Waals surface area (Å²) in [5.41, 5.74) is 18.4. The van der Waals surface area contributed by atoms with Gasteiger partial charge in [-0.05, 0) is 32.5 Å². The van der Waals surface area contributed by atoms with Crippen LogP contribution in [0.25, 0.3) is 0 Å². The second-order valence-corrected chi connectivity index (χ2v) is 3.81. The van der Waals surface area contributed by atoms with Crippen LogP contribution in [0.2, 0.25) is 0 Å². The summed E-state index contributed by atoms with van der Waals surface area (Å²) in [4.78, 5) is 0. The van der Waals surface area contributed by atoms with Crippen molar-refractivity contribution in [1.29, 1.82) is 5.26 Å². The third-order valence-electron chi connectivity index (χ3n) is 2.74. The molecule has 0 saturated carbocycles. The van der Waals surface area contributed by atoms with Gasteiger partial charge in [-0.3, -0.25) is 0 Å². The van der Waals surface area contributed by atoms with E-state index in [-0.39, 0.29) is 0 Å². The molecule has 0 bridgehead atoms. The second-order valence-electron chi connectivity index (χ2n) is 3.81. The van der Waals surface area contributed by atoms with Gasteiger partial charge in [0.15, 0.2) is 0 Å². The van der Waals surface area contributed by atoms with Gasteiger partial charge in [0.1, 0.15) is 0 Å². The highest BCUT2D eigenvalue weighted by Crippen LogP contribution is 2.33. The van der Waals surface area contributed by atoms with Gasteiger partial charge in [-0.15, -0.1) is 0 Å². The Kier molecular flexibility index (Phi) is 5.34. The minimum Gasteiger partial charge on any atom is -0.404 e. The standard InChI is InChI=1S/C12H20N4/c1-4-5-10(7-14)12(3,8-15)11(16)9(2)6-13/h4-5,7H,8,14-16H2,1-3H3/b5-4-,10-7+,11-9+. The highest BCUT2D eigenvalue weighted by molar-refractivity contribution is 5.39. The molecular weight excluding hydrogens is 200 g/mol. The molecule has 0 aliphatic carbocycles. The van der Waals surface area contributed by atoms with Gasteiger partial charge in [0.05, 0.1) is 6.07 Å². The van der Waals surface area contributed by atoms with Crippen LogP contribution in [0.1, 0.15) is 20.8 Å². The maximum absolute atomic E-state index is 8.85. The van der Waals surface area contributed by atoms with Gasteiger partial charge in [0.2, 0.25) is 0 Å². The van der Waals surface area contributed by atoms with Gasteiger partial charge < -0.3 is 17.2 Å². The van der Waals surface area contributed by atoms with Crippen LogP contribution in [0, 0.1) is 16.7 Å². The summed E-state index contributed by atoms with van der Waals surface area (Å²) in [6.07, 6.45) is 5.19. The molecule has 6 N–H and O–H groups in total. The van der Waals surface area contributed by atoms with E-state index in [0.29, 0.717) is 17.8 Å². The Morgan fingerprint density at radius 2 is 2.06 bits per heavy atom. The van der Waals surface area contributed by atoms with E-state index >= 15 is 0 Å². The van der Waals surface area contributed by atoms with E-state index in [9.17, 15) is 0 Å². The highest BCUT2D eigenvalue weighted by atomic mass is 14.7. The number of nitrogens with two attached hydrogens (primary N) is 3. The van der Waals surface area contributed by atoms with Crippen LogP contribution in [-0.2, 0) is 0 Å². The number of hydrogen-bond acceptors (Lipinski definition) is 4. The third kappa shape index (κ3) is 2.65. The Morgan fingerprint density at radius 3 is 2.38 bits per heavy atom. The number of rotatable bonds is 4. The zero-order valence-corrected chi connectivity index (χ0v) is 10.1. The van der Waals surface area contributed by atoms with Crippen molar-refractivity contribution in [2.24, 2.45) is 22.6 Å². The van der Waals surface area contributed by atoms with E-state index in [1.165, 1.54) is 6.20 Å². The Labute approximate surface area is 97.1 Å². The summed E-state index contributed by atoms with van der Waals surface area (Å²) in [6, 6.07) is 2.03. The first-order chi connectivity index (χ1) is 7.47. The molecule has 88 valence electrons. The summed E-state index contributed by atoms with van der Waals surface area (Å²) in [5.74, 6) is 0. The number of hydrogen-bond donors (Lipinski definition) is 3. The molecule has 0 radical (unpaired) electrons. The molecule has 0 aromatic heterocycles. The Bertz CT molecular complexity index is 371. The maximum Gasteiger partial charge on any atom is 0.0962 e. The molecule has 1 unspecified atom stereocenters. The van der Waals surface area contributed by atoms with E-state index in [1.54, 1.807) is 6.92 Å². The van der Waals surface area contributed by atoms with Crippen LogP contribution in [0.3, 0.4) is 0 Å². The first-order valence-electron chi connectivity index (χ1n) is 5.10. The van der Waals surface area contributed by atoms with Crippen LogP contribution in [0.5, 0.6) is 0 Å². The first-order valence-corrected chi connectivity index (χ1v) is 5.10. The average Bonchev–Trinajstić information content (AvgIpc) is 2.32. The molecule has 0 saturated heterocycles. The van der Waals surface area contributed by atoms with Crippen LogP contribution in [0.15, 0.2) is 35.2 Å². The van der Waals surface area contributed by atoms with Crippen LogP contribution < -0.4 is 17.2 Å². The Hall–Kier alpha value is -1.73. The third-order valence-corrected chi connectivity index (χ3v) is 2.74. The summed E-state index contributed by atoms with van der Waals surface area (Å²) in [5, 5.41) is 8.85. The molecule has 0 aromatic rings. The minimum atomic E-state index is -0.596. The van der Waals surface area contributed by atoms with E-state index in [1.807, 2.05) is 32.1 Å². The van der Waals surface area contributed by atoms with Gasteiger partial charge >= 0.3 is 0 Å². The lowest BCUT2D eigenvalue weighted by atomic mass is 9.77. The monoisotopic (exact) mass is 220 g/mol. The lowest BCUT2D eigenvalue weighted by Crippen LogP contribution is -2.35. The average molecular weight is 220 g/mol. The summed E-state index contributed by atoms with van der Waals surface area (Å²) >= 11 is 0. The van der Waals surface area contributed by atoms with Crippen molar-refractivity contribution >= 4 is 0 Å². The SMILES string of the molecule is C/C=C\C(=C/N)C(C)(CN)/C(N)=C(/C)C#N. The first kappa shape index (κ1) is 14.3. The molecule has 0 aliphatic rings. The van der Waals surface area contributed by atoms with Gasteiger partial charge in [-0.1, -0.05) is 12.2 Å². The summed E-state index contributed by atoms with van der Waals surface area (Å²) < 4.78 is 0. The molecule has 0 rings (SSSR count). The molecule has 16 heavy (non-hydrogen) atoms. The van der Waals surface area contributed by atoms with Crippen molar-refractivity contribution in [3.05, 3.63) is 35.2 Å². The van der Waals surface area contributed by atoms with E-state index in [2.05, 4.69) is 0 Å². The van der Waals surface area contributed by atoms with Crippen molar-refractivity contribution in [3.63, 3.8) is 0 Å². The van der Waals surface area contributed by atoms with Gasteiger partial charge in [0.25, 0.3) is 0 Å². The van der Waals surface area contributed by atoms with Gasteiger partial charge in [-0.25, -0.2) is 0 Å². The zero-order valence-electron chi connectivity index (χ0n) is 10.1. The number of nitrogens with zero attached hydrogens (tertiary/aromatic N) is 1. The molecule has 0 aliphatic heterocycles. The molecule has 4 heteroatoms. The predicted octanol–water partition coefficient (Wildman–Crippen LogP) is 1.13. The van der Waals surface area contributed by atoms with E-state index in [4.69, 9.17) is 22.5 Å². The zero-order chi connectivity index (χ0) is 12.8. The predicted molar refractivity (Wildman–Crippen MR) is 66.7 cm³/mol. The molecule has 0 amide bonds. The number of allylic oxidation sites excluding steroid dienone is 3. The Morgan fingerprint density at radius 1 is 1.50 bits per heavy atom. The smallest absolute Gasteiger partial charge is 0.0962 e. The van der Waals surface area contributed by atoms with Gasteiger partial charge in [0, 0.05) is 23.2 Å². The quantitative estimate of drug-likeness (QED) is 0.488. The van der Waals surface area contributed by atoms with Crippen molar-refractivity contribution in [2.45, 2.75) is 20.8 Å². The van der Waals surface area contributed by atoms with Crippen LogP contribution >= 0.6 is 0 Å². The normalized spacial score (nSPS) is 17.8. The summed E-state index contributed by atoms with van der Waals surface area (Å²) in [6.45, 7) is 5.73. The fourth-order valence-corrected chi connectivity index (χ4v) is 1.46. The second kappa shape index (κ2) is 5.99. The fraction of sp³-hybridized carbons (Fsp3) is 0.417. The maximum atomic E-state index is 8.85. The molecular formula is C12H20N4. The lowest BCUT2D eigenvalue weighted by molar-refractivity contribution is 0.493. The minimum absolute atomic E-state index is 0.297. The van der Waals surface area contributed by atoms with Gasteiger partial charge in [-0.2, -0.15) is 5.26 Å².